The third-order valence-corrected chi connectivity index (χ3v) is 5.48. The smallest absolute Gasteiger partial charge is 0.262 e. The molecule has 2 heterocycles. The second-order valence-electron chi connectivity index (χ2n) is 6.65. The lowest BCUT2D eigenvalue weighted by atomic mass is 10.1. The molecule has 0 spiro atoms. The number of nitrogens with one attached hydrogen (secondary N) is 1. The molecule has 0 radical (unpaired) electrons. The highest BCUT2D eigenvalue weighted by atomic mass is 32.1. The topological polar surface area (TPSA) is 58.1 Å². The maximum Gasteiger partial charge on any atom is 0.262 e. The molecule has 1 N–H and O–H groups in total. The van der Waals surface area contributed by atoms with Gasteiger partial charge in [-0.15, -0.1) is 0 Å². The van der Waals surface area contributed by atoms with Gasteiger partial charge in [0.15, 0.2) is 4.77 Å². The largest absolute Gasteiger partial charge is 0.336 e. The summed E-state index contributed by atoms with van der Waals surface area (Å²) in [6.07, 6.45) is 5.47. The van der Waals surface area contributed by atoms with Crippen LogP contribution in [0.5, 0.6) is 0 Å². The molecule has 134 valence electrons. The van der Waals surface area contributed by atoms with E-state index in [2.05, 4.69) is 11.9 Å². The van der Waals surface area contributed by atoms with E-state index in [0.717, 1.165) is 25.8 Å². The highest BCUT2D eigenvalue weighted by Gasteiger charge is 2.25. The highest BCUT2D eigenvalue weighted by molar-refractivity contribution is 7.71. The van der Waals surface area contributed by atoms with Crippen LogP contribution >= 0.6 is 12.2 Å². The molecule has 3 rings (SSSR count). The number of likely N-dealkylation sites (tertiary alicyclic amines) is 1. The van der Waals surface area contributed by atoms with Crippen LogP contribution in [0.25, 0.3) is 10.9 Å². The summed E-state index contributed by atoms with van der Waals surface area (Å²) in [6, 6.07) is 5.58. The van der Waals surface area contributed by atoms with Crippen LogP contribution in [0.15, 0.2) is 23.0 Å². The maximum atomic E-state index is 13.1. The Kier molecular flexibility index (Phi) is 5.37. The molecule has 2 aromatic rings. The lowest BCUT2D eigenvalue weighted by Gasteiger charge is -2.29. The minimum atomic E-state index is -0.110. The summed E-state index contributed by atoms with van der Waals surface area (Å²) in [5.41, 5.74) is 1.14. The quantitative estimate of drug-likeness (QED) is 0.846. The number of aromatic amines is 1. The fourth-order valence-electron chi connectivity index (χ4n) is 3.71. The second-order valence-corrected chi connectivity index (χ2v) is 7.04. The van der Waals surface area contributed by atoms with Crippen molar-refractivity contribution in [3.63, 3.8) is 0 Å². The van der Waals surface area contributed by atoms with E-state index in [4.69, 9.17) is 12.2 Å². The first-order chi connectivity index (χ1) is 12.1. The first-order valence-corrected chi connectivity index (χ1v) is 9.55. The average Bonchev–Trinajstić information content (AvgIpc) is 2.86. The Morgan fingerprint density at radius 1 is 1.28 bits per heavy atom. The normalized spacial score (nSPS) is 18.3. The zero-order chi connectivity index (χ0) is 18.0. The summed E-state index contributed by atoms with van der Waals surface area (Å²) >= 11 is 5.27. The van der Waals surface area contributed by atoms with Gasteiger partial charge in [0, 0.05) is 24.7 Å². The molecule has 1 saturated heterocycles. The molecule has 1 atom stereocenters. The number of benzene rings is 1. The number of fused-ring (bicyclic) bond motifs is 1. The summed E-state index contributed by atoms with van der Waals surface area (Å²) in [5, 5.41) is 0.565. The van der Waals surface area contributed by atoms with Crippen molar-refractivity contribution >= 4 is 29.0 Å². The van der Waals surface area contributed by atoms with Crippen molar-refractivity contribution in [2.45, 2.75) is 58.5 Å². The Morgan fingerprint density at radius 3 is 2.80 bits per heavy atom. The van der Waals surface area contributed by atoms with Gasteiger partial charge in [-0.2, -0.15) is 0 Å². The van der Waals surface area contributed by atoms with Crippen LogP contribution in [0.2, 0.25) is 0 Å². The van der Waals surface area contributed by atoms with Crippen LogP contribution in [0.1, 0.15) is 56.3 Å². The number of H-pyrrole nitrogens is 1. The van der Waals surface area contributed by atoms with E-state index in [9.17, 15) is 9.59 Å². The van der Waals surface area contributed by atoms with Crippen molar-refractivity contribution in [1.29, 1.82) is 0 Å². The fraction of sp³-hybridized carbons (Fsp3) is 0.526. The zero-order valence-electron chi connectivity index (χ0n) is 14.9. The van der Waals surface area contributed by atoms with Crippen molar-refractivity contribution in [3.8, 4) is 0 Å². The number of hydrogen-bond donors (Lipinski definition) is 1. The summed E-state index contributed by atoms with van der Waals surface area (Å²) < 4.78 is 1.92. The Bertz CT molecular complexity index is 900. The number of hydrogen-bond acceptors (Lipinski definition) is 3. The number of carbonyl (C=O) groups is 1. The van der Waals surface area contributed by atoms with Gasteiger partial charge in [-0.3, -0.25) is 14.2 Å². The van der Waals surface area contributed by atoms with Gasteiger partial charge in [0.1, 0.15) is 0 Å². The standard InChI is InChI=1S/C19H25N3O2S/c1-3-14-8-6-5-7-11-22(14)17(23)13-9-10-15-16(12-13)20-19(25)21(4-2)18(15)24/h9-10,12,14H,3-8,11H2,1-2H3,(H,20,25). The van der Waals surface area contributed by atoms with Crippen molar-refractivity contribution in [2.75, 3.05) is 6.54 Å². The van der Waals surface area contributed by atoms with Crippen LogP contribution in [-0.4, -0.2) is 32.9 Å². The van der Waals surface area contributed by atoms with Gasteiger partial charge in [-0.05, 0) is 56.6 Å². The first-order valence-electron chi connectivity index (χ1n) is 9.14. The summed E-state index contributed by atoms with van der Waals surface area (Å²) in [4.78, 5) is 30.7. The van der Waals surface area contributed by atoms with E-state index >= 15 is 0 Å². The minimum Gasteiger partial charge on any atom is -0.336 e. The molecule has 1 fully saturated rings. The molecule has 5 nitrogen and oxygen atoms in total. The van der Waals surface area contributed by atoms with E-state index in [1.54, 1.807) is 18.2 Å². The third kappa shape index (κ3) is 3.40. The lowest BCUT2D eigenvalue weighted by Crippen LogP contribution is -2.39. The molecule has 1 aliphatic heterocycles. The van der Waals surface area contributed by atoms with Crippen molar-refractivity contribution < 1.29 is 4.79 Å². The Balaban J connectivity index is 2.02. The Morgan fingerprint density at radius 2 is 2.08 bits per heavy atom. The summed E-state index contributed by atoms with van der Waals surface area (Å²) in [7, 11) is 0. The molecule has 1 unspecified atom stereocenters. The van der Waals surface area contributed by atoms with Crippen molar-refractivity contribution in [3.05, 3.63) is 38.9 Å². The summed E-state index contributed by atoms with van der Waals surface area (Å²) in [5.74, 6) is 0.0506. The zero-order valence-corrected chi connectivity index (χ0v) is 15.7. The predicted molar refractivity (Wildman–Crippen MR) is 103 cm³/mol. The van der Waals surface area contributed by atoms with Crippen LogP contribution in [0.4, 0.5) is 0 Å². The third-order valence-electron chi connectivity index (χ3n) is 5.15. The monoisotopic (exact) mass is 359 g/mol. The van der Waals surface area contributed by atoms with Crippen LogP contribution in [0.3, 0.4) is 0 Å². The van der Waals surface area contributed by atoms with Gasteiger partial charge < -0.3 is 9.88 Å². The second kappa shape index (κ2) is 7.52. The van der Waals surface area contributed by atoms with Crippen molar-refractivity contribution in [1.82, 2.24) is 14.5 Å². The Hall–Kier alpha value is -1.95. The Labute approximate surface area is 152 Å². The van der Waals surface area contributed by atoms with Gasteiger partial charge in [0.05, 0.1) is 10.9 Å². The highest BCUT2D eigenvalue weighted by Crippen LogP contribution is 2.22. The molecule has 0 saturated carbocycles. The number of nitrogens with zero attached hydrogens (tertiary/aromatic N) is 2. The van der Waals surface area contributed by atoms with E-state index in [1.807, 2.05) is 11.8 Å². The van der Waals surface area contributed by atoms with Gasteiger partial charge in [-0.1, -0.05) is 19.8 Å². The first kappa shape index (κ1) is 17.9. The van der Waals surface area contributed by atoms with Crippen LogP contribution in [0, 0.1) is 4.77 Å². The van der Waals surface area contributed by atoms with Crippen LogP contribution in [-0.2, 0) is 6.54 Å². The van der Waals surface area contributed by atoms with Gasteiger partial charge >= 0.3 is 0 Å². The molecule has 6 heteroatoms. The average molecular weight is 359 g/mol. The molecule has 1 aromatic heterocycles. The number of amides is 1. The number of carbonyl (C=O) groups excluding carboxylic acids is 1. The number of aromatic nitrogens is 2. The van der Waals surface area contributed by atoms with Gasteiger partial charge in [-0.25, -0.2) is 0 Å². The molecule has 1 amide bonds. The minimum absolute atomic E-state index is 0.0506. The van der Waals surface area contributed by atoms with Gasteiger partial charge in [0.2, 0.25) is 0 Å². The fourth-order valence-corrected chi connectivity index (χ4v) is 4.03. The molecule has 1 aliphatic rings. The molecule has 25 heavy (non-hydrogen) atoms. The van der Waals surface area contributed by atoms with Gasteiger partial charge in [0.25, 0.3) is 11.5 Å². The van der Waals surface area contributed by atoms with E-state index in [1.165, 1.54) is 17.4 Å². The van der Waals surface area contributed by atoms with E-state index in [0.29, 0.717) is 33.8 Å². The molecule has 0 bridgehead atoms. The molecule has 1 aromatic carbocycles. The molecular weight excluding hydrogens is 334 g/mol. The van der Waals surface area contributed by atoms with Crippen molar-refractivity contribution in [2.24, 2.45) is 0 Å². The SMILES string of the molecule is CCC1CCCCCN1C(=O)c1ccc2c(=O)n(CC)c(=S)[nH]c2c1. The molecular formula is C19H25N3O2S. The van der Waals surface area contributed by atoms with E-state index < -0.39 is 0 Å². The predicted octanol–water partition coefficient (Wildman–Crippen LogP) is 3.87. The molecule has 0 aliphatic carbocycles. The van der Waals surface area contributed by atoms with Crippen LogP contribution < -0.4 is 5.56 Å². The maximum absolute atomic E-state index is 13.1. The summed E-state index contributed by atoms with van der Waals surface area (Å²) in [6.45, 7) is 5.36. The van der Waals surface area contributed by atoms with E-state index in [-0.39, 0.29) is 11.5 Å². The number of rotatable bonds is 3. The lowest BCUT2D eigenvalue weighted by molar-refractivity contribution is 0.0678.